The second kappa shape index (κ2) is 7.47. The lowest BCUT2D eigenvalue weighted by Crippen LogP contribution is -2.52. The number of allylic oxidation sites excluding steroid dienone is 4. The van der Waals surface area contributed by atoms with Gasteiger partial charge in [0, 0.05) is 11.8 Å². The molecule has 0 radical (unpaired) electrons. The lowest BCUT2D eigenvalue weighted by Gasteiger charge is -2.50. The van der Waals surface area contributed by atoms with Crippen LogP contribution in [0.25, 0.3) is 0 Å². The SMILES string of the molecule is C/C=C/[C@@H](O)[C@](C)(O)[C@H]1CC[C@H]2C3=CC(=O)[C@H]4CC(=CC[C@H](O)C4)[C@H]3CC[C@]12C. The van der Waals surface area contributed by atoms with Crippen LogP contribution in [0.5, 0.6) is 0 Å². The number of carbonyl (C=O) groups excluding carboxylic acids is 1. The second-order valence-electron chi connectivity index (χ2n) is 10.3. The normalized spacial score (nSPS) is 42.8. The van der Waals surface area contributed by atoms with E-state index in [9.17, 15) is 20.1 Å². The topological polar surface area (TPSA) is 77.8 Å². The lowest BCUT2D eigenvalue weighted by molar-refractivity contribution is -0.119. The molecule has 0 heterocycles. The lowest BCUT2D eigenvalue weighted by atomic mass is 9.56. The van der Waals surface area contributed by atoms with E-state index in [1.165, 1.54) is 11.1 Å². The summed E-state index contributed by atoms with van der Waals surface area (Å²) in [5.41, 5.74) is 1.29. The quantitative estimate of drug-likeness (QED) is 0.631. The molecule has 3 N–H and O–H groups in total. The molecule has 4 rings (SSSR count). The first kappa shape index (κ1) is 21.0. The molecule has 0 unspecified atom stereocenters. The zero-order chi connectivity index (χ0) is 21.0. The van der Waals surface area contributed by atoms with Crippen LogP contribution in [0, 0.1) is 29.1 Å². The second-order valence-corrected chi connectivity index (χ2v) is 10.3. The van der Waals surface area contributed by atoms with Crippen LogP contribution >= 0.6 is 0 Å². The summed E-state index contributed by atoms with van der Waals surface area (Å²) in [5.74, 6) is 0.634. The predicted molar refractivity (Wildman–Crippen MR) is 113 cm³/mol. The number of rotatable bonds is 3. The van der Waals surface area contributed by atoms with Crippen LogP contribution in [0.2, 0.25) is 0 Å². The Morgan fingerprint density at radius 1 is 1.31 bits per heavy atom. The molecule has 0 saturated heterocycles. The average molecular weight is 401 g/mol. The van der Waals surface area contributed by atoms with Crippen molar-refractivity contribution in [1.29, 1.82) is 0 Å². The van der Waals surface area contributed by atoms with Crippen molar-refractivity contribution in [2.45, 2.75) is 83.5 Å². The van der Waals surface area contributed by atoms with E-state index in [-0.39, 0.29) is 29.0 Å². The predicted octanol–water partition coefficient (Wildman–Crippen LogP) is 3.71. The molecule has 2 bridgehead atoms. The van der Waals surface area contributed by atoms with Gasteiger partial charge >= 0.3 is 0 Å². The summed E-state index contributed by atoms with van der Waals surface area (Å²) in [6.45, 7) is 5.89. The van der Waals surface area contributed by atoms with Gasteiger partial charge in [0.15, 0.2) is 5.78 Å². The summed E-state index contributed by atoms with van der Waals surface area (Å²) < 4.78 is 0. The van der Waals surface area contributed by atoms with Crippen molar-refractivity contribution < 1.29 is 20.1 Å². The number of hydrogen-bond donors (Lipinski definition) is 3. The third-order valence-corrected chi connectivity index (χ3v) is 8.64. The van der Waals surface area contributed by atoms with Gasteiger partial charge in [-0.2, -0.15) is 0 Å². The molecule has 4 heteroatoms. The van der Waals surface area contributed by atoms with Gasteiger partial charge in [-0.25, -0.2) is 0 Å². The van der Waals surface area contributed by atoms with Gasteiger partial charge in [-0.1, -0.05) is 36.3 Å². The molecule has 0 aromatic rings. The van der Waals surface area contributed by atoms with E-state index < -0.39 is 17.8 Å². The van der Waals surface area contributed by atoms with Crippen LogP contribution in [0.15, 0.2) is 35.5 Å². The van der Waals surface area contributed by atoms with E-state index in [1.807, 2.05) is 13.0 Å². The van der Waals surface area contributed by atoms with E-state index in [1.54, 1.807) is 19.1 Å². The van der Waals surface area contributed by atoms with Gasteiger partial charge in [-0.15, -0.1) is 0 Å². The molecule has 2 saturated carbocycles. The zero-order valence-corrected chi connectivity index (χ0v) is 18.0. The highest BCUT2D eigenvalue weighted by molar-refractivity contribution is 5.93. The Morgan fingerprint density at radius 2 is 2.07 bits per heavy atom. The number of hydrogen-bond acceptors (Lipinski definition) is 4. The molecule has 2 fully saturated rings. The molecular formula is C25H36O4. The minimum atomic E-state index is -1.19. The Kier molecular flexibility index (Phi) is 5.42. The van der Waals surface area contributed by atoms with Crippen molar-refractivity contribution in [1.82, 2.24) is 0 Å². The van der Waals surface area contributed by atoms with Crippen LogP contribution in [0.3, 0.4) is 0 Å². The molecule has 0 amide bonds. The summed E-state index contributed by atoms with van der Waals surface area (Å²) in [4.78, 5) is 13.0. The minimum absolute atomic E-state index is 0.00985. The molecule has 4 nitrogen and oxygen atoms in total. The first-order chi connectivity index (χ1) is 13.7. The third-order valence-electron chi connectivity index (χ3n) is 8.64. The molecule has 4 aliphatic carbocycles. The molecule has 0 aromatic carbocycles. The van der Waals surface area contributed by atoms with E-state index in [0.717, 1.165) is 32.1 Å². The number of ketones is 1. The van der Waals surface area contributed by atoms with Crippen LogP contribution in [-0.2, 0) is 4.79 Å². The Morgan fingerprint density at radius 3 is 2.79 bits per heavy atom. The fourth-order valence-corrected chi connectivity index (χ4v) is 7.09. The van der Waals surface area contributed by atoms with Crippen molar-refractivity contribution in [3.05, 3.63) is 35.5 Å². The van der Waals surface area contributed by atoms with Gasteiger partial charge in [-0.05, 0) is 82.1 Å². The number of aliphatic hydroxyl groups excluding tert-OH is 2. The number of aliphatic hydroxyl groups is 3. The first-order valence-electron chi connectivity index (χ1n) is 11.3. The van der Waals surface area contributed by atoms with E-state index in [2.05, 4.69) is 13.0 Å². The smallest absolute Gasteiger partial charge is 0.159 e. The fourth-order valence-electron chi connectivity index (χ4n) is 7.09. The molecule has 4 aliphatic rings. The number of carbonyl (C=O) groups is 1. The minimum Gasteiger partial charge on any atom is -0.393 e. The van der Waals surface area contributed by atoms with Crippen LogP contribution in [0.1, 0.15) is 65.7 Å². The van der Waals surface area contributed by atoms with Crippen molar-refractivity contribution >= 4 is 5.78 Å². The highest BCUT2D eigenvalue weighted by Crippen LogP contribution is 2.63. The highest BCUT2D eigenvalue weighted by Gasteiger charge is 2.58. The van der Waals surface area contributed by atoms with E-state index >= 15 is 0 Å². The third kappa shape index (κ3) is 3.37. The summed E-state index contributed by atoms with van der Waals surface area (Å²) in [7, 11) is 0. The summed E-state index contributed by atoms with van der Waals surface area (Å²) >= 11 is 0. The van der Waals surface area contributed by atoms with Gasteiger partial charge in [0.25, 0.3) is 0 Å². The standard InChI is InChI=1S/C25H36O4/c1-4-5-23(28)25(3,29)22-9-8-20-19-14-21(27)16-12-15(6-7-17(26)13-16)18(19)10-11-24(20,22)2/h4-6,14,16-18,20,22-23,26,28-29H,7-13H2,1-3H3/b5-4+/t16-,17-,18+,20-,22-,23+,24-,25+/m0/s1. The van der Waals surface area contributed by atoms with Crippen LogP contribution < -0.4 is 0 Å². The molecule has 0 aromatic heterocycles. The van der Waals surface area contributed by atoms with Crippen molar-refractivity contribution in [3.8, 4) is 0 Å². The molecule has 160 valence electrons. The Hall–Kier alpha value is -1.23. The van der Waals surface area contributed by atoms with Crippen LogP contribution in [-0.4, -0.2) is 38.9 Å². The summed E-state index contributed by atoms with van der Waals surface area (Å²) in [6, 6.07) is 0. The van der Waals surface area contributed by atoms with Gasteiger partial charge in [0.2, 0.25) is 0 Å². The molecule has 8 atom stereocenters. The maximum atomic E-state index is 13.0. The molecular weight excluding hydrogens is 364 g/mol. The van der Waals surface area contributed by atoms with Gasteiger partial charge in [0.05, 0.1) is 11.7 Å². The van der Waals surface area contributed by atoms with Gasteiger partial charge in [0.1, 0.15) is 6.10 Å². The highest BCUT2D eigenvalue weighted by atomic mass is 16.3. The number of fused-ring (bicyclic) bond motifs is 6. The van der Waals surface area contributed by atoms with Gasteiger partial charge < -0.3 is 15.3 Å². The van der Waals surface area contributed by atoms with Gasteiger partial charge in [-0.3, -0.25) is 4.79 Å². The monoisotopic (exact) mass is 400 g/mol. The summed E-state index contributed by atoms with van der Waals surface area (Å²) in [5, 5.41) is 32.1. The fraction of sp³-hybridized carbons (Fsp3) is 0.720. The Labute approximate surface area is 174 Å². The van der Waals surface area contributed by atoms with Crippen molar-refractivity contribution in [2.24, 2.45) is 29.1 Å². The van der Waals surface area contributed by atoms with E-state index in [4.69, 9.17) is 0 Å². The Bertz CT molecular complexity index is 761. The van der Waals surface area contributed by atoms with E-state index in [0.29, 0.717) is 18.8 Å². The zero-order valence-electron chi connectivity index (χ0n) is 18.0. The molecule has 0 aliphatic heterocycles. The Balaban J connectivity index is 1.69. The first-order valence-corrected chi connectivity index (χ1v) is 11.3. The average Bonchev–Trinajstić information content (AvgIpc) is 2.82. The maximum absolute atomic E-state index is 13.0. The van der Waals surface area contributed by atoms with Crippen molar-refractivity contribution in [3.63, 3.8) is 0 Å². The van der Waals surface area contributed by atoms with Crippen molar-refractivity contribution in [2.75, 3.05) is 0 Å². The van der Waals surface area contributed by atoms with Crippen LogP contribution in [0.4, 0.5) is 0 Å². The molecule has 0 spiro atoms. The molecule has 29 heavy (non-hydrogen) atoms. The largest absolute Gasteiger partial charge is 0.393 e. The maximum Gasteiger partial charge on any atom is 0.159 e. The summed E-state index contributed by atoms with van der Waals surface area (Å²) in [6.07, 6.45) is 12.1.